The van der Waals surface area contributed by atoms with E-state index in [4.69, 9.17) is 11.6 Å². The highest BCUT2D eigenvalue weighted by atomic mass is 35.5. The molecule has 1 aromatic carbocycles. The molecule has 0 bridgehead atoms. The van der Waals surface area contributed by atoms with Crippen LogP contribution < -0.4 is 0 Å². The summed E-state index contributed by atoms with van der Waals surface area (Å²) >= 11 is 6.07. The van der Waals surface area contributed by atoms with Gasteiger partial charge in [0.05, 0.1) is 22.4 Å². The Morgan fingerprint density at radius 2 is 2.12 bits per heavy atom. The molecule has 0 saturated heterocycles. The molecule has 0 unspecified atom stereocenters. The standard InChI is InChI=1S/C12H13ClN2O/c1-7(2)15-6-14-11-4-9(8(3)16)10(13)5-12(11)15/h4-7H,1-3H3. The van der Waals surface area contributed by atoms with E-state index in [0.29, 0.717) is 16.6 Å². The minimum Gasteiger partial charge on any atom is -0.328 e. The number of carbonyl (C=O) groups excluding carboxylic acids is 1. The zero-order chi connectivity index (χ0) is 11.9. The van der Waals surface area contributed by atoms with Crippen LogP contribution in [0.1, 0.15) is 37.2 Å². The fourth-order valence-electron chi connectivity index (χ4n) is 1.73. The van der Waals surface area contributed by atoms with E-state index in [1.807, 2.05) is 4.57 Å². The van der Waals surface area contributed by atoms with Crippen LogP contribution in [0, 0.1) is 0 Å². The van der Waals surface area contributed by atoms with Crippen molar-refractivity contribution < 1.29 is 4.79 Å². The van der Waals surface area contributed by atoms with Crippen LogP contribution in [-0.4, -0.2) is 15.3 Å². The van der Waals surface area contributed by atoms with Gasteiger partial charge in [-0.05, 0) is 32.9 Å². The number of rotatable bonds is 2. The minimum atomic E-state index is -0.0361. The van der Waals surface area contributed by atoms with Gasteiger partial charge in [-0.15, -0.1) is 0 Å². The van der Waals surface area contributed by atoms with E-state index >= 15 is 0 Å². The predicted octanol–water partition coefficient (Wildman–Crippen LogP) is 3.47. The number of fused-ring (bicyclic) bond motifs is 1. The SMILES string of the molecule is CC(=O)c1cc2ncn(C(C)C)c2cc1Cl. The molecule has 2 rings (SSSR count). The van der Waals surface area contributed by atoms with Gasteiger partial charge in [-0.1, -0.05) is 11.6 Å². The summed E-state index contributed by atoms with van der Waals surface area (Å²) in [5.41, 5.74) is 2.30. The van der Waals surface area contributed by atoms with Crippen molar-refractivity contribution in [2.45, 2.75) is 26.8 Å². The summed E-state index contributed by atoms with van der Waals surface area (Å²) in [4.78, 5) is 15.6. The van der Waals surface area contributed by atoms with E-state index in [1.54, 1.807) is 18.5 Å². The third-order valence-electron chi connectivity index (χ3n) is 2.60. The van der Waals surface area contributed by atoms with Crippen molar-refractivity contribution in [1.82, 2.24) is 9.55 Å². The molecule has 0 saturated carbocycles. The topological polar surface area (TPSA) is 34.9 Å². The van der Waals surface area contributed by atoms with Crippen molar-refractivity contribution >= 4 is 28.4 Å². The first kappa shape index (κ1) is 11.1. The smallest absolute Gasteiger partial charge is 0.161 e. The van der Waals surface area contributed by atoms with Crippen LogP contribution in [0.15, 0.2) is 18.5 Å². The van der Waals surface area contributed by atoms with Gasteiger partial charge in [-0.3, -0.25) is 4.79 Å². The monoisotopic (exact) mass is 236 g/mol. The molecule has 0 atom stereocenters. The third kappa shape index (κ3) is 1.71. The van der Waals surface area contributed by atoms with Crippen LogP contribution in [-0.2, 0) is 0 Å². The van der Waals surface area contributed by atoms with Crippen molar-refractivity contribution in [3.8, 4) is 0 Å². The molecule has 84 valence electrons. The van der Waals surface area contributed by atoms with Gasteiger partial charge in [0, 0.05) is 11.6 Å². The molecule has 0 spiro atoms. The summed E-state index contributed by atoms with van der Waals surface area (Å²) in [6.07, 6.45) is 1.77. The number of ketones is 1. The molecule has 0 N–H and O–H groups in total. The molecular weight excluding hydrogens is 224 g/mol. The number of nitrogens with zero attached hydrogens (tertiary/aromatic N) is 2. The largest absolute Gasteiger partial charge is 0.328 e. The van der Waals surface area contributed by atoms with Gasteiger partial charge in [-0.2, -0.15) is 0 Å². The maximum Gasteiger partial charge on any atom is 0.161 e. The average Bonchev–Trinajstić information content (AvgIpc) is 2.58. The lowest BCUT2D eigenvalue weighted by Crippen LogP contribution is -1.99. The van der Waals surface area contributed by atoms with Crippen molar-refractivity contribution in [2.75, 3.05) is 0 Å². The Morgan fingerprint density at radius 1 is 1.44 bits per heavy atom. The summed E-state index contributed by atoms with van der Waals surface area (Å²) in [6, 6.07) is 3.88. The van der Waals surface area contributed by atoms with Gasteiger partial charge in [0.1, 0.15) is 0 Å². The van der Waals surface area contributed by atoms with E-state index in [1.165, 1.54) is 6.92 Å². The second kappa shape index (κ2) is 3.91. The molecule has 0 fully saturated rings. The van der Waals surface area contributed by atoms with E-state index in [9.17, 15) is 4.79 Å². The Morgan fingerprint density at radius 3 is 2.69 bits per heavy atom. The van der Waals surface area contributed by atoms with Crippen molar-refractivity contribution in [3.05, 3.63) is 29.0 Å². The van der Waals surface area contributed by atoms with Gasteiger partial charge >= 0.3 is 0 Å². The molecule has 0 aliphatic carbocycles. The number of halogens is 1. The molecule has 0 radical (unpaired) electrons. The van der Waals surface area contributed by atoms with Gasteiger partial charge in [0.15, 0.2) is 5.78 Å². The van der Waals surface area contributed by atoms with E-state index in [-0.39, 0.29) is 5.78 Å². The molecule has 0 aliphatic heterocycles. The van der Waals surface area contributed by atoms with E-state index < -0.39 is 0 Å². The van der Waals surface area contributed by atoms with Gasteiger partial charge in [-0.25, -0.2) is 4.98 Å². The molecule has 3 nitrogen and oxygen atoms in total. The Hall–Kier alpha value is -1.35. The quantitative estimate of drug-likeness (QED) is 0.749. The van der Waals surface area contributed by atoms with Crippen LogP contribution in [0.25, 0.3) is 11.0 Å². The summed E-state index contributed by atoms with van der Waals surface area (Å²) in [7, 11) is 0. The van der Waals surface area contributed by atoms with Crippen LogP contribution in [0.4, 0.5) is 0 Å². The highest BCUT2D eigenvalue weighted by Crippen LogP contribution is 2.25. The van der Waals surface area contributed by atoms with Gasteiger partial charge < -0.3 is 4.57 Å². The van der Waals surface area contributed by atoms with Crippen molar-refractivity contribution in [1.29, 1.82) is 0 Å². The Balaban J connectivity index is 2.71. The minimum absolute atomic E-state index is 0.0361. The van der Waals surface area contributed by atoms with Crippen LogP contribution in [0.2, 0.25) is 5.02 Å². The van der Waals surface area contributed by atoms with Crippen molar-refractivity contribution in [3.63, 3.8) is 0 Å². The Labute approximate surface area is 99.0 Å². The lowest BCUT2D eigenvalue weighted by molar-refractivity contribution is 0.101. The number of aromatic nitrogens is 2. The Kier molecular flexibility index (Phi) is 2.72. The number of Topliss-reactive ketones (excluding diaryl/α,β-unsaturated/α-hetero) is 1. The first-order chi connectivity index (χ1) is 7.50. The molecular formula is C12H13ClN2O. The maximum atomic E-state index is 11.3. The van der Waals surface area contributed by atoms with Crippen molar-refractivity contribution in [2.24, 2.45) is 0 Å². The summed E-state index contributed by atoms with van der Waals surface area (Å²) < 4.78 is 2.03. The lowest BCUT2D eigenvalue weighted by Gasteiger charge is -2.08. The highest BCUT2D eigenvalue weighted by molar-refractivity contribution is 6.34. The van der Waals surface area contributed by atoms with Crippen LogP contribution >= 0.6 is 11.6 Å². The second-order valence-electron chi connectivity index (χ2n) is 4.12. The lowest BCUT2D eigenvalue weighted by atomic mass is 10.1. The van der Waals surface area contributed by atoms with E-state index in [0.717, 1.165) is 11.0 Å². The number of carbonyl (C=O) groups is 1. The normalized spacial score (nSPS) is 11.3. The summed E-state index contributed by atoms with van der Waals surface area (Å²) in [6.45, 7) is 5.66. The molecule has 1 heterocycles. The first-order valence-electron chi connectivity index (χ1n) is 5.17. The summed E-state index contributed by atoms with van der Waals surface area (Å²) in [5, 5.41) is 0.488. The first-order valence-corrected chi connectivity index (χ1v) is 5.55. The fourth-order valence-corrected chi connectivity index (χ4v) is 2.02. The molecule has 0 aliphatic rings. The number of benzene rings is 1. The Bertz CT molecular complexity index is 557. The van der Waals surface area contributed by atoms with Gasteiger partial charge in [0.2, 0.25) is 0 Å². The molecule has 16 heavy (non-hydrogen) atoms. The molecule has 4 heteroatoms. The highest BCUT2D eigenvalue weighted by Gasteiger charge is 2.11. The maximum absolute atomic E-state index is 11.3. The zero-order valence-corrected chi connectivity index (χ0v) is 10.2. The molecule has 0 amide bonds. The summed E-state index contributed by atoms with van der Waals surface area (Å²) in [5.74, 6) is -0.0361. The average molecular weight is 237 g/mol. The molecule has 1 aromatic heterocycles. The van der Waals surface area contributed by atoms with Crippen LogP contribution in [0.5, 0.6) is 0 Å². The predicted molar refractivity (Wildman–Crippen MR) is 65.1 cm³/mol. The van der Waals surface area contributed by atoms with Crippen LogP contribution in [0.3, 0.4) is 0 Å². The zero-order valence-electron chi connectivity index (χ0n) is 9.49. The van der Waals surface area contributed by atoms with Gasteiger partial charge in [0.25, 0.3) is 0 Å². The number of imidazole rings is 1. The van der Waals surface area contributed by atoms with E-state index in [2.05, 4.69) is 18.8 Å². The fraction of sp³-hybridized carbons (Fsp3) is 0.333. The number of hydrogen-bond donors (Lipinski definition) is 0. The second-order valence-corrected chi connectivity index (χ2v) is 4.53. The third-order valence-corrected chi connectivity index (χ3v) is 2.91. The molecule has 2 aromatic rings. The number of hydrogen-bond acceptors (Lipinski definition) is 2.